The van der Waals surface area contributed by atoms with Crippen molar-refractivity contribution in [3.63, 3.8) is 0 Å². The van der Waals surface area contributed by atoms with Gasteiger partial charge < -0.3 is 4.74 Å². The lowest BCUT2D eigenvalue weighted by Crippen LogP contribution is -1.96. The van der Waals surface area contributed by atoms with Gasteiger partial charge in [0.15, 0.2) is 0 Å². The summed E-state index contributed by atoms with van der Waals surface area (Å²) >= 11 is 0. The van der Waals surface area contributed by atoms with E-state index < -0.39 is 17.2 Å². The number of nitrogens with zero attached hydrogens (tertiary/aromatic N) is 1. The van der Waals surface area contributed by atoms with E-state index in [0.29, 0.717) is 17.7 Å². The van der Waals surface area contributed by atoms with Crippen LogP contribution in [0.2, 0.25) is 0 Å². The molecular formula is C17H15F2NO. The van der Waals surface area contributed by atoms with Crippen LogP contribution in [0.15, 0.2) is 36.4 Å². The molecule has 0 N–H and O–H groups in total. The van der Waals surface area contributed by atoms with Gasteiger partial charge in [-0.1, -0.05) is 25.5 Å². The van der Waals surface area contributed by atoms with E-state index in [4.69, 9.17) is 10.00 Å². The standard InChI is InChI=1S/C17H15F2NO/c1-2-3-8-21-14-6-4-12(5-7-14)13-9-16(18)15(11-20)17(19)10-13/h4-7,9-10H,2-3,8H2,1H3. The average molecular weight is 287 g/mol. The summed E-state index contributed by atoms with van der Waals surface area (Å²) in [6.45, 7) is 2.73. The number of unbranched alkanes of at least 4 members (excludes halogenated alkanes) is 1. The Kier molecular flexibility index (Phi) is 4.89. The normalized spacial score (nSPS) is 10.2. The largest absolute Gasteiger partial charge is 0.494 e. The maximum atomic E-state index is 13.6. The first kappa shape index (κ1) is 15.0. The summed E-state index contributed by atoms with van der Waals surface area (Å²) in [5, 5.41) is 8.65. The lowest BCUT2D eigenvalue weighted by atomic mass is 10.0. The average Bonchev–Trinajstić information content (AvgIpc) is 2.48. The van der Waals surface area contributed by atoms with Crippen LogP contribution in [0.3, 0.4) is 0 Å². The third-order valence-electron chi connectivity index (χ3n) is 3.11. The number of ether oxygens (including phenoxy) is 1. The number of benzene rings is 2. The maximum absolute atomic E-state index is 13.6. The van der Waals surface area contributed by atoms with Crippen LogP contribution in [0.4, 0.5) is 8.78 Å². The van der Waals surface area contributed by atoms with Crippen LogP contribution in [0.5, 0.6) is 5.75 Å². The minimum absolute atomic E-state index is 0.393. The molecule has 2 aromatic carbocycles. The molecule has 0 atom stereocenters. The number of nitriles is 1. The molecule has 0 spiro atoms. The van der Waals surface area contributed by atoms with Crippen molar-refractivity contribution in [3.8, 4) is 22.9 Å². The number of rotatable bonds is 5. The third kappa shape index (κ3) is 3.57. The van der Waals surface area contributed by atoms with E-state index in [1.165, 1.54) is 6.07 Å². The number of halogens is 2. The van der Waals surface area contributed by atoms with Crippen molar-refractivity contribution in [2.24, 2.45) is 0 Å². The summed E-state index contributed by atoms with van der Waals surface area (Å²) in [4.78, 5) is 0. The molecule has 0 aliphatic rings. The fourth-order valence-electron chi connectivity index (χ4n) is 1.92. The smallest absolute Gasteiger partial charge is 0.144 e. The first-order valence-corrected chi connectivity index (χ1v) is 6.78. The van der Waals surface area contributed by atoms with E-state index in [0.717, 1.165) is 30.7 Å². The summed E-state index contributed by atoms with van der Waals surface area (Å²) in [6, 6.07) is 10.8. The first-order valence-electron chi connectivity index (χ1n) is 6.78. The molecule has 0 fully saturated rings. The highest BCUT2D eigenvalue weighted by Crippen LogP contribution is 2.26. The van der Waals surface area contributed by atoms with Gasteiger partial charge in [-0.2, -0.15) is 5.26 Å². The van der Waals surface area contributed by atoms with Crippen LogP contribution in [0.1, 0.15) is 25.3 Å². The molecule has 0 saturated carbocycles. The van der Waals surface area contributed by atoms with Gasteiger partial charge in [0.05, 0.1) is 6.61 Å². The topological polar surface area (TPSA) is 33.0 Å². The SMILES string of the molecule is CCCCOc1ccc(-c2cc(F)c(C#N)c(F)c2)cc1. The van der Waals surface area contributed by atoms with Crippen molar-refractivity contribution in [2.75, 3.05) is 6.61 Å². The molecule has 0 bridgehead atoms. The highest BCUT2D eigenvalue weighted by molar-refractivity contribution is 5.65. The minimum atomic E-state index is -0.851. The van der Waals surface area contributed by atoms with E-state index in [9.17, 15) is 8.78 Å². The van der Waals surface area contributed by atoms with Crippen LogP contribution in [-0.2, 0) is 0 Å². The molecule has 21 heavy (non-hydrogen) atoms. The molecule has 2 aromatic rings. The van der Waals surface area contributed by atoms with Crippen LogP contribution in [0.25, 0.3) is 11.1 Å². The zero-order chi connectivity index (χ0) is 15.2. The Labute approximate surface area is 122 Å². The Morgan fingerprint density at radius 1 is 1.05 bits per heavy atom. The molecule has 4 heteroatoms. The third-order valence-corrected chi connectivity index (χ3v) is 3.11. The predicted molar refractivity (Wildman–Crippen MR) is 76.9 cm³/mol. The van der Waals surface area contributed by atoms with Crippen LogP contribution in [-0.4, -0.2) is 6.61 Å². The fraction of sp³-hybridized carbons (Fsp3) is 0.235. The van der Waals surface area contributed by atoms with Crippen LogP contribution < -0.4 is 4.74 Å². The Bertz CT molecular complexity index is 636. The lowest BCUT2D eigenvalue weighted by molar-refractivity contribution is 0.309. The monoisotopic (exact) mass is 287 g/mol. The second kappa shape index (κ2) is 6.85. The molecule has 108 valence electrons. The Morgan fingerprint density at radius 2 is 1.67 bits per heavy atom. The number of hydrogen-bond acceptors (Lipinski definition) is 2. The summed E-state index contributed by atoms with van der Waals surface area (Å²) in [5.41, 5.74) is 0.502. The zero-order valence-corrected chi connectivity index (χ0v) is 11.7. The van der Waals surface area contributed by atoms with Gasteiger partial charge in [0.1, 0.15) is 29.0 Å². The van der Waals surface area contributed by atoms with Crippen molar-refractivity contribution < 1.29 is 13.5 Å². The van der Waals surface area contributed by atoms with Crippen molar-refractivity contribution in [1.82, 2.24) is 0 Å². The molecule has 0 aliphatic carbocycles. The van der Waals surface area contributed by atoms with Crippen molar-refractivity contribution >= 4 is 0 Å². The predicted octanol–water partition coefficient (Wildman–Crippen LogP) is 4.68. The molecule has 2 nitrogen and oxygen atoms in total. The quantitative estimate of drug-likeness (QED) is 0.748. The molecule has 0 radical (unpaired) electrons. The van der Waals surface area contributed by atoms with Gasteiger partial charge >= 0.3 is 0 Å². The molecule has 0 heterocycles. The number of hydrogen-bond donors (Lipinski definition) is 0. The van der Waals surface area contributed by atoms with E-state index in [1.54, 1.807) is 24.3 Å². The van der Waals surface area contributed by atoms with Gasteiger partial charge in [-0.15, -0.1) is 0 Å². The Balaban J connectivity index is 2.21. The van der Waals surface area contributed by atoms with E-state index in [2.05, 4.69) is 6.92 Å². The minimum Gasteiger partial charge on any atom is -0.494 e. The highest BCUT2D eigenvalue weighted by atomic mass is 19.1. The molecule has 0 amide bonds. The van der Waals surface area contributed by atoms with E-state index in [-0.39, 0.29) is 0 Å². The van der Waals surface area contributed by atoms with E-state index in [1.807, 2.05) is 0 Å². The molecule has 0 aliphatic heterocycles. The van der Waals surface area contributed by atoms with Crippen LogP contribution >= 0.6 is 0 Å². The second-order valence-electron chi connectivity index (χ2n) is 4.65. The summed E-state index contributed by atoms with van der Waals surface area (Å²) in [7, 11) is 0. The molecular weight excluding hydrogens is 272 g/mol. The van der Waals surface area contributed by atoms with Gasteiger partial charge in [0, 0.05) is 0 Å². The summed E-state index contributed by atoms with van der Waals surface area (Å²) < 4.78 is 32.7. The zero-order valence-electron chi connectivity index (χ0n) is 11.7. The second-order valence-corrected chi connectivity index (χ2v) is 4.65. The first-order chi connectivity index (χ1) is 10.2. The summed E-state index contributed by atoms with van der Waals surface area (Å²) in [6.07, 6.45) is 2.04. The maximum Gasteiger partial charge on any atom is 0.144 e. The van der Waals surface area contributed by atoms with Gasteiger partial charge in [0.25, 0.3) is 0 Å². The van der Waals surface area contributed by atoms with Crippen molar-refractivity contribution in [1.29, 1.82) is 5.26 Å². The van der Waals surface area contributed by atoms with Crippen molar-refractivity contribution in [3.05, 3.63) is 53.6 Å². The highest BCUT2D eigenvalue weighted by Gasteiger charge is 2.11. The molecule has 2 rings (SSSR count). The van der Waals surface area contributed by atoms with Gasteiger partial charge in [-0.25, -0.2) is 8.78 Å². The molecule has 0 saturated heterocycles. The molecule has 0 unspecified atom stereocenters. The van der Waals surface area contributed by atoms with Gasteiger partial charge in [-0.3, -0.25) is 0 Å². The Morgan fingerprint density at radius 3 is 2.19 bits per heavy atom. The van der Waals surface area contributed by atoms with Gasteiger partial charge in [0.2, 0.25) is 0 Å². The van der Waals surface area contributed by atoms with E-state index >= 15 is 0 Å². The lowest BCUT2D eigenvalue weighted by Gasteiger charge is -2.07. The Hall–Kier alpha value is -2.41. The van der Waals surface area contributed by atoms with Crippen molar-refractivity contribution in [2.45, 2.75) is 19.8 Å². The summed E-state index contributed by atoms with van der Waals surface area (Å²) in [5.74, 6) is -0.978. The fourth-order valence-corrected chi connectivity index (χ4v) is 1.92. The van der Waals surface area contributed by atoms with Gasteiger partial charge in [-0.05, 0) is 41.8 Å². The van der Waals surface area contributed by atoms with Crippen LogP contribution in [0, 0.1) is 23.0 Å². The molecule has 0 aromatic heterocycles.